The summed E-state index contributed by atoms with van der Waals surface area (Å²) in [7, 11) is 0. The van der Waals surface area contributed by atoms with E-state index in [4.69, 9.17) is 4.74 Å². The maximum Gasteiger partial charge on any atom is 0.119 e. The summed E-state index contributed by atoms with van der Waals surface area (Å²) in [5, 5.41) is 3.50. The van der Waals surface area contributed by atoms with Crippen LogP contribution in [0.15, 0.2) is 24.3 Å². The second-order valence-electron chi connectivity index (χ2n) is 4.40. The molecule has 0 aromatic heterocycles. The lowest BCUT2D eigenvalue weighted by Crippen LogP contribution is -2.21. The van der Waals surface area contributed by atoms with E-state index in [1.54, 1.807) is 0 Å². The minimum absolute atomic E-state index is 0.234. The summed E-state index contributed by atoms with van der Waals surface area (Å²) in [5.41, 5.74) is 1.31. The first-order valence-electron chi connectivity index (χ1n) is 6.12. The monoisotopic (exact) mass is 253 g/mol. The van der Waals surface area contributed by atoms with Crippen LogP contribution in [-0.4, -0.2) is 24.7 Å². The molecule has 0 aliphatic heterocycles. The van der Waals surface area contributed by atoms with Crippen LogP contribution in [0.2, 0.25) is 0 Å². The van der Waals surface area contributed by atoms with Crippen molar-refractivity contribution >= 4 is 11.8 Å². The molecule has 1 unspecified atom stereocenters. The van der Waals surface area contributed by atoms with Crippen LogP contribution in [0.25, 0.3) is 0 Å². The van der Waals surface area contributed by atoms with Crippen LogP contribution in [0, 0.1) is 0 Å². The number of thioether (sulfide) groups is 1. The highest BCUT2D eigenvalue weighted by atomic mass is 32.2. The maximum atomic E-state index is 5.62. The van der Waals surface area contributed by atoms with Gasteiger partial charge in [-0.1, -0.05) is 12.1 Å². The summed E-state index contributed by atoms with van der Waals surface area (Å²) in [6.07, 6.45) is 2.36. The van der Waals surface area contributed by atoms with Gasteiger partial charge in [-0.3, -0.25) is 0 Å². The van der Waals surface area contributed by atoms with Crippen LogP contribution in [0.4, 0.5) is 0 Å². The molecule has 17 heavy (non-hydrogen) atoms. The van der Waals surface area contributed by atoms with Crippen molar-refractivity contribution in [3.8, 4) is 5.75 Å². The van der Waals surface area contributed by atoms with Crippen LogP contribution in [-0.2, 0) is 0 Å². The highest BCUT2D eigenvalue weighted by Crippen LogP contribution is 2.18. The molecule has 2 nitrogen and oxygen atoms in total. The molecule has 1 N–H and O–H groups in total. The number of benzene rings is 1. The third-order valence-electron chi connectivity index (χ3n) is 2.51. The van der Waals surface area contributed by atoms with E-state index in [0.29, 0.717) is 6.04 Å². The minimum atomic E-state index is 0.234. The molecule has 0 spiro atoms. The van der Waals surface area contributed by atoms with Crippen LogP contribution in [0.3, 0.4) is 0 Å². The lowest BCUT2D eigenvalue weighted by atomic mass is 10.1. The normalized spacial score (nSPS) is 12.8. The van der Waals surface area contributed by atoms with E-state index in [2.05, 4.69) is 30.6 Å². The minimum Gasteiger partial charge on any atom is -0.491 e. The van der Waals surface area contributed by atoms with Crippen molar-refractivity contribution in [3.63, 3.8) is 0 Å². The fourth-order valence-corrected chi connectivity index (χ4v) is 1.92. The van der Waals surface area contributed by atoms with Gasteiger partial charge in [0.25, 0.3) is 0 Å². The predicted octanol–water partition coefficient (Wildman–Crippen LogP) is 3.49. The van der Waals surface area contributed by atoms with Crippen molar-refractivity contribution in [1.29, 1.82) is 0 Å². The Labute approximate surface area is 109 Å². The van der Waals surface area contributed by atoms with Crippen molar-refractivity contribution in [2.45, 2.75) is 32.9 Å². The third kappa shape index (κ3) is 5.46. The molecule has 0 aliphatic carbocycles. The lowest BCUT2D eigenvalue weighted by Gasteiger charge is -2.15. The van der Waals surface area contributed by atoms with Gasteiger partial charge < -0.3 is 10.1 Å². The molecule has 1 atom stereocenters. The summed E-state index contributed by atoms with van der Waals surface area (Å²) in [5.74, 6) is 2.10. The van der Waals surface area contributed by atoms with Crippen molar-refractivity contribution in [3.05, 3.63) is 29.8 Å². The van der Waals surface area contributed by atoms with Gasteiger partial charge in [-0.05, 0) is 44.7 Å². The number of nitrogens with one attached hydrogen (secondary N) is 1. The van der Waals surface area contributed by atoms with Gasteiger partial charge >= 0.3 is 0 Å². The molecule has 0 saturated carbocycles. The van der Waals surface area contributed by atoms with Gasteiger partial charge in [0.05, 0.1) is 6.10 Å². The topological polar surface area (TPSA) is 21.3 Å². The largest absolute Gasteiger partial charge is 0.491 e. The average Bonchev–Trinajstić information content (AvgIpc) is 2.29. The molecular weight excluding hydrogens is 230 g/mol. The van der Waals surface area contributed by atoms with Crippen molar-refractivity contribution < 1.29 is 4.74 Å². The van der Waals surface area contributed by atoms with E-state index < -0.39 is 0 Å². The van der Waals surface area contributed by atoms with Gasteiger partial charge in [-0.25, -0.2) is 0 Å². The first-order chi connectivity index (χ1) is 8.13. The Hall–Kier alpha value is -0.670. The van der Waals surface area contributed by atoms with Gasteiger partial charge in [0.1, 0.15) is 5.75 Å². The van der Waals surface area contributed by atoms with Gasteiger partial charge in [-0.15, -0.1) is 0 Å². The highest BCUT2D eigenvalue weighted by molar-refractivity contribution is 7.98. The van der Waals surface area contributed by atoms with Crippen molar-refractivity contribution in [1.82, 2.24) is 5.32 Å². The summed E-state index contributed by atoms with van der Waals surface area (Å²) in [6.45, 7) is 7.33. The van der Waals surface area contributed by atoms with E-state index in [1.165, 1.54) is 5.56 Å². The predicted molar refractivity (Wildman–Crippen MR) is 77.0 cm³/mol. The van der Waals surface area contributed by atoms with Crippen molar-refractivity contribution in [2.24, 2.45) is 0 Å². The maximum absolute atomic E-state index is 5.62. The molecule has 1 rings (SSSR count). The van der Waals surface area contributed by atoms with Gasteiger partial charge in [-0.2, -0.15) is 11.8 Å². The molecule has 0 saturated heterocycles. The molecule has 1 aromatic rings. The summed E-state index contributed by atoms with van der Waals surface area (Å²) in [6, 6.07) is 8.75. The Morgan fingerprint density at radius 1 is 1.18 bits per heavy atom. The number of ether oxygens (including phenoxy) is 1. The Kier molecular flexibility index (Phi) is 6.45. The second kappa shape index (κ2) is 7.62. The first-order valence-corrected chi connectivity index (χ1v) is 7.51. The van der Waals surface area contributed by atoms with Crippen LogP contribution in [0.1, 0.15) is 32.4 Å². The molecule has 0 amide bonds. The zero-order valence-corrected chi connectivity index (χ0v) is 12.0. The molecular formula is C14H23NOS. The molecule has 0 aliphatic rings. The zero-order valence-electron chi connectivity index (χ0n) is 11.2. The highest BCUT2D eigenvalue weighted by Gasteiger charge is 2.04. The summed E-state index contributed by atoms with van der Waals surface area (Å²) in [4.78, 5) is 0. The van der Waals surface area contributed by atoms with E-state index in [1.807, 2.05) is 37.7 Å². The van der Waals surface area contributed by atoms with Crippen molar-refractivity contribution in [2.75, 3.05) is 18.6 Å². The van der Waals surface area contributed by atoms with Crippen LogP contribution < -0.4 is 10.1 Å². The van der Waals surface area contributed by atoms with E-state index in [-0.39, 0.29) is 6.10 Å². The van der Waals surface area contributed by atoms with Crippen LogP contribution in [0.5, 0.6) is 5.75 Å². The molecule has 0 radical (unpaired) electrons. The fourth-order valence-electron chi connectivity index (χ4n) is 1.60. The van der Waals surface area contributed by atoms with Gasteiger partial charge in [0, 0.05) is 18.3 Å². The number of hydrogen-bond acceptors (Lipinski definition) is 3. The molecule has 0 heterocycles. The number of rotatable bonds is 7. The van der Waals surface area contributed by atoms with E-state index >= 15 is 0 Å². The van der Waals surface area contributed by atoms with E-state index in [9.17, 15) is 0 Å². The fraction of sp³-hybridized carbons (Fsp3) is 0.571. The molecule has 3 heteroatoms. The summed E-state index contributed by atoms with van der Waals surface area (Å²) >= 11 is 1.87. The molecule has 0 fully saturated rings. The standard InChI is InChI=1S/C14H23NOS/c1-11(2)16-14-7-5-13(6-8-14)12(3)15-9-10-17-4/h5-8,11-12,15H,9-10H2,1-4H3. The third-order valence-corrected chi connectivity index (χ3v) is 3.12. The Morgan fingerprint density at radius 3 is 2.35 bits per heavy atom. The van der Waals surface area contributed by atoms with Crippen LogP contribution >= 0.6 is 11.8 Å². The lowest BCUT2D eigenvalue weighted by molar-refractivity contribution is 0.242. The quantitative estimate of drug-likeness (QED) is 0.752. The second-order valence-corrected chi connectivity index (χ2v) is 5.39. The Balaban J connectivity index is 2.48. The smallest absolute Gasteiger partial charge is 0.119 e. The van der Waals surface area contributed by atoms with E-state index in [0.717, 1.165) is 18.0 Å². The zero-order chi connectivity index (χ0) is 12.7. The Bertz CT molecular complexity index is 311. The summed E-state index contributed by atoms with van der Waals surface area (Å²) < 4.78 is 5.62. The van der Waals surface area contributed by atoms with Gasteiger partial charge in [0.2, 0.25) is 0 Å². The van der Waals surface area contributed by atoms with Gasteiger partial charge in [0.15, 0.2) is 0 Å². The Morgan fingerprint density at radius 2 is 1.82 bits per heavy atom. The SMILES string of the molecule is CSCCNC(C)c1ccc(OC(C)C)cc1. The molecule has 0 bridgehead atoms. The molecule has 96 valence electrons. The molecule has 1 aromatic carbocycles. The number of hydrogen-bond donors (Lipinski definition) is 1. The first kappa shape index (κ1) is 14.4. The average molecular weight is 253 g/mol.